The minimum atomic E-state index is 0.580. The average molecular weight is 261 g/mol. The fraction of sp³-hybridized carbons (Fsp3) is 0.647. The van der Waals surface area contributed by atoms with Gasteiger partial charge in [0.1, 0.15) is 5.75 Å². The average Bonchev–Trinajstić information content (AvgIpc) is 3.18. The number of rotatable bonds is 8. The molecule has 0 spiro atoms. The van der Waals surface area contributed by atoms with E-state index in [1.807, 2.05) is 6.07 Å². The standard InChI is InChI=1S/C17H27NO/c1-4-10-19-16-7-5-6-15(11-16)12-18-13-17(8-9-17)14(2)3/h5-7,11,14,18H,4,8-10,12-13H2,1-3H3. The lowest BCUT2D eigenvalue weighted by molar-refractivity contribution is 0.316. The van der Waals surface area contributed by atoms with Crippen molar-refractivity contribution in [1.29, 1.82) is 0 Å². The Morgan fingerprint density at radius 3 is 2.74 bits per heavy atom. The predicted octanol–water partition coefficient (Wildman–Crippen LogP) is 4.00. The Balaban J connectivity index is 1.79. The summed E-state index contributed by atoms with van der Waals surface area (Å²) in [5, 5.41) is 3.61. The Hall–Kier alpha value is -1.02. The van der Waals surface area contributed by atoms with Gasteiger partial charge in [-0.05, 0) is 48.3 Å². The van der Waals surface area contributed by atoms with Crippen LogP contribution in [0.15, 0.2) is 24.3 Å². The Labute approximate surface area is 117 Å². The third-order valence-electron chi connectivity index (χ3n) is 4.29. The summed E-state index contributed by atoms with van der Waals surface area (Å²) in [6.07, 6.45) is 3.83. The van der Waals surface area contributed by atoms with Gasteiger partial charge < -0.3 is 10.1 Å². The molecule has 0 saturated heterocycles. The third-order valence-corrected chi connectivity index (χ3v) is 4.29. The monoisotopic (exact) mass is 261 g/mol. The third kappa shape index (κ3) is 3.97. The summed E-state index contributed by atoms with van der Waals surface area (Å²) in [4.78, 5) is 0. The van der Waals surface area contributed by atoms with Crippen LogP contribution in [0.3, 0.4) is 0 Å². The van der Waals surface area contributed by atoms with E-state index in [1.165, 1.54) is 18.4 Å². The van der Waals surface area contributed by atoms with E-state index in [2.05, 4.69) is 44.3 Å². The van der Waals surface area contributed by atoms with Gasteiger partial charge in [-0.2, -0.15) is 0 Å². The Bertz CT molecular complexity index is 396. The fourth-order valence-electron chi connectivity index (χ4n) is 2.54. The van der Waals surface area contributed by atoms with Crippen LogP contribution in [0.2, 0.25) is 0 Å². The molecule has 1 saturated carbocycles. The highest BCUT2D eigenvalue weighted by molar-refractivity contribution is 5.28. The molecule has 0 aromatic heterocycles. The lowest BCUT2D eigenvalue weighted by Gasteiger charge is -2.20. The maximum atomic E-state index is 5.67. The van der Waals surface area contributed by atoms with Crippen molar-refractivity contribution in [1.82, 2.24) is 5.32 Å². The smallest absolute Gasteiger partial charge is 0.119 e. The number of benzene rings is 1. The van der Waals surface area contributed by atoms with Crippen molar-refractivity contribution in [2.75, 3.05) is 13.2 Å². The zero-order valence-electron chi connectivity index (χ0n) is 12.5. The first kappa shape index (κ1) is 14.4. The summed E-state index contributed by atoms with van der Waals surface area (Å²) in [6.45, 7) is 9.70. The van der Waals surface area contributed by atoms with Gasteiger partial charge >= 0.3 is 0 Å². The second-order valence-corrected chi connectivity index (χ2v) is 6.12. The maximum absolute atomic E-state index is 5.67. The highest BCUT2D eigenvalue weighted by atomic mass is 16.5. The Kier molecular flexibility index (Phi) is 4.87. The van der Waals surface area contributed by atoms with E-state index in [9.17, 15) is 0 Å². The van der Waals surface area contributed by atoms with Gasteiger partial charge in [0.15, 0.2) is 0 Å². The Morgan fingerprint density at radius 2 is 2.11 bits per heavy atom. The topological polar surface area (TPSA) is 21.3 Å². The summed E-state index contributed by atoms with van der Waals surface area (Å²) >= 11 is 0. The zero-order chi connectivity index (χ0) is 13.7. The Morgan fingerprint density at radius 1 is 1.32 bits per heavy atom. The van der Waals surface area contributed by atoms with Crippen LogP contribution in [-0.4, -0.2) is 13.2 Å². The van der Waals surface area contributed by atoms with Crippen molar-refractivity contribution in [2.45, 2.75) is 46.6 Å². The van der Waals surface area contributed by atoms with Crippen LogP contribution in [0, 0.1) is 11.3 Å². The van der Waals surface area contributed by atoms with Gasteiger partial charge in [0.05, 0.1) is 6.61 Å². The normalized spacial score (nSPS) is 16.6. The van der Waals surface area contributed by atoms with E-state index >= 15 is 0 Å². The molecule has 19 heavy (non-hydrogen) atoms. The van der Waals surface area contributed by atoms with Crippen molar-refractivity contribution in [3.63, 3.8) is 0 Å². The SMILES string of the molecule is CCCOc1cccc(CNCC2(C(C)C)CC2)c1. The van der Waals surface area contributed by atoms with Crippen molar-refractivity contribution in [2.24, 2.45) is 11.3 Å². The lowest BCUT2D eigenvalue weighted by Crippen LogP contribution is -2.27. The minimum absolute atomic E-state index is 0.580. The zero-order valence-corrected chi connectivity index (χ0v) is 12.5. The van der Waals surface area contributed by atoms with Crippen LogP contribution < -0.4 is 10.1 Å². The summed E-state index contributed by atoms with van der Waals surface area (Å²) in [7, 11) is 0. The molecule has 1 aliphatic rings. The first-order chi connectivity index (χ1) is 9.16. The predicted molar refractivity (Wildman–Crippen MR) is 80.4 cm³/mol. The molecule has 0 atom stereocenters. The van der Waals surface area contributed by atoms with Gasteiger partial charge in [-0.3, -0.25) is 0 Å². The fourth-order valence-corrected chi connectivity index (χ4v) is 2.54. The molecular weight excluding hydrogens is 234 g/mol. The van der Waals surface area contributed by atoms with Crippen LogP contribution >= 0.6 is 0 Å². The molecular formula is C17H27NO. The number of nitrogens with one attached hydrogen (secondary N) is 1. The van der Waals surface area contributed by atoms with Gasteiger partial charge in [-0.15, -0.1) is 0 Å². The second-order valence-electron chi connectivity index (χ2n) is 6.12. The largest absolute Gasteiger partial charge is 0.494 e. The van der Waals surface area contributed by atoms with Gasteiger partial charge in [-0.1, -0.05) is 32.9 Å². The number of ether oxygens (including phenoxy) is 1. The molecule has 0 amide bonds. The number of hydrogen-bond acceptors (Lipinski definition) is 2. The van der Waals surface area contributed by atoms with Crippen LogP contribution in [0.1, 0.15) is 45.6 Å². The molecule has 0 radical (unpaired) electrons. The second kappa shape index (κ2) is 6.42. The molecule has 0 unspecified atom stereocenters. The first-order valence-corrected chi connectivity index (χ1v) is 7.59. The highest BCUT2D eigenvalue weighted by Crippen LogP contribution is 2.51. The van der Waals surface area contributed by atoms with Gasteiger partial charge in [0.2, 0.25) is 0 Å². The minimum Gasteiger partial charge on any atom is -0.494 e. The van der Waals surface area contributed by atoms with Crippen molar-refractivity contribution in [3.05, 3.63) is 29.8 Å². The van der Waals surface area contributed by atoms with Crippen molar-refractivity contribution in [3.8, 4) is 5.75 Å². The summed E-state index contributed by atoms with van der Waals surface area (Å²) in [5.41, 5.74) is 1.89. The molecule has 1 aliphatic carbocycles. The maximum Gasteiger partial charge on any atom is 0.119 e. The summed E-state index contributed by atoms with van der Waals surface area (Å²) < 4.78 is 5.67. The molecule has 1 aromatic rings. The van der Waals surface area contributed by atoms with Crippen LogP contribution in [0.25, 0.3) is 0 Å². The van der Waals surface area contributed by atoms with Crippen LogP contribution in [0.5, 0.6) is 5.75 Å². The molecule has 2 heteroatoms. The highest BCUT2D eigenvalue weighted by Gasteiger charge is 2.44. The van der Waals surface area contributed by atoms with E-state index in [4.69, 9.17) is 4.74 Å². The summed E-state index contributed by atoms with van der Waals surface area (Å²) in [5.74, 6) is 1.78. The van der Waals surface area contributed by atoms with Crippen LogP contribution in [0.4, 0.5) is 0 Å². The van der Waals surface area contributed by atoms with E-state index in [0.29, 0.717) is 5.41 Å². The molecule has 1 N–H and O–H groups in total. The number of hydrogen-bond donors (Lipinski definition) is 1. The van der Waals surface area contributed by atoms with Crippen LogP contribution in [-0.2, 0) is 6.54 Å². The quantitative estimate of drug-likeness (QED) is 0.763. The molecule has 2 nitrogen and oxygen atoms in total. The van der Waals surface area contributed by atoms with E-state index in [0.717, 1.165) is 37.8 Å². The van der Waals surface area contributed by atoms with Gasteiger partial charge in [0, 0.05) is 13.1 Å². The van der Waals surface area contributed by atoms with Crippen molar-refractivity contribution < 1.29 is 4.74 Å². The molecule has 1 fully saturated rings. The molecule has 0 aliphatic heterocycles. The van der Waals surface area contributed by atoms with Crippen molar-refractivity contribution >= 4 is 0 Å². The van der Waals surface area contributed by atoms with Gasteiger partial charge in [0.25, 0.3) is 0 Å². The molecule has 2 rings (SSSR count). The van der Waals surface area contributed by atoms with Gasteiger partial charge in [-0.25, -0.2) is 0 Å². The summed E-state index contributed by atoms with van der Waals surface area (Å²) in [6, 6.07) is 8.44. The van der Waals surface area contributed by atoms with E-state index < -0.39 is 0 Å². The molecule has 0 bridgehead atoms. The van der Waals surface area contributed by atoms with E-state index in [-0.39, 0.29) is 0 Å². The molecule has 106 valence electrons. The molecule has 1 aromatic carbocycles. The lowest BCUT2D eigenvalue weighted by atomic mass is 9.92. The molecule has 0 heterocycles. The van der Waals surface area contributed by atoms with E-state index in [1.54, 1.807) is 0 Å². The first-order valence-electron chi connectivity index (χ1n) is 7.59.